The van der Waals surface area contributed by atoms with Gasteiger partial charge in [0.1, 0.15) is 5.52 Å². The van der Waals surface area contributed by atoms with E-state index in [2.05, 4.69) is 20.4 Å². The van der Waals surface area contributed by atoms with Crippen LogP contribution >= 0.6 is 0 Å². The summed E-state index contributed by atoms with van der Waals surface area (Å²) >= 11 is 0. The third-order valence-corrected chi connectivity index (χ3v) is 4.67. The summed E-state index contributed by atoms with van der Waals surface area (Å²) < 4.78 is 1.44. The number of pyridine rings is 1. The first-order chi connectivity index (χ1) is 13.5. The molecule has 3 heterocycles. The lowest BCUT2D eigenvalue weighted by molar-refractivity contribution is 0.0950. The number of aromatic amines is 1. The van der Waals surface area contributed by atoms with Crippen molar-refractivity contribution >= 4 is 11.4 Å². The second-order valence-electron chi connectivity index (χ2n) is 6.66. The molecule has 4 rings (SSSR count). The number of aromatic nitrogens is 4. The average molecular weight is 373 g/mol. The largest absolute Gasteiger partial charge is 0.346 e. The van der Waals surface area contributed by atoms with Gasteiger partial charge >= 0.3 is 0 Å². The number of carbonyl (C=O) groups is 1. The Balaban J connectivity index is 1.63. The van der Waals surface area contributed by atoms with Crippen LogP contribution < -0.4 is 10.9 Å². The lowest BCUT2D eigenvalue weighted by Gasteiger charge is -2.05. The lowest BCUT2D eigenvalue weighted by Crippen LogP contribution is -2.22. The number of amides is 1. The normalized spacial score (nSPS) is 10.9. The average Bonchev–Trinajstić information content (AvgIpc) is 3.14. The molecular formula is C21H19N5O2. The molecule has 0 fully saturated rings. The van der Waals surface area contributed by atoms with E-state index in [1.807, 2.05) is 50.2 Å². The van der Waals surface area contributed by atoms with Crippen molar-refractivity contribution in [2.45, 2.75) is 20.4 Å². The number of benzene rings is 1. The first-order valence-electron chi connectivity index (χ1n) is 8.90. The van der Waals surface area contributed by atoms with Crippen molar-refractivity contribution in [3.05, 3.63) is 87.6 Å². The van der Waals surface area contributed by atoms with Crippen LogP contribution in [0.4, 0.5) is 0 Å². The molecule has 2 N–H and O–H groups in total. The number of nitrogens with zero attached hydrogens (tertiary/aromatic N) is 3. The maximum Gasteiger partial charge on any atom is 0.275 e. The lowest BCUT2D eigenvalue weighted by atomic mass is 10.1. The predicted molar refractivity (Wildman–Crippen MR) is 106 cm³/mol. The molecule has 0 aliphatic heterocycles. The van der Waals surface area contributed by atoms with Gasteiger partial charge in [0.2, 0.25) is 0 Å². The summed E-state index contributed by atoms with van der Waals surface area (Å²) in [6.45, 7) is 4.35. The van der Waals surface area contributed by atoms with Gasteiger partial charge in [-0.15, -0.1) is 5.10 Å². The molecule has 0 unspecified atom stereocenters. The van der Waals surface area contributed by atoms with E-state index >= 15 is 0 Å². The molecule has 0 aliphatic rings. The van der Waals surface area contributed by atoms with Gasteiger partial charge in [0.15, 0.2) is 5.82 Å². The van der Waals surface area contributed by atoms with Crippen LogP contribution in [0.25, 0.3) is 16.9 Å². The second kappa shape index (κ2) is 7.11. The number of aryl methyl sites for hydroxylation is 2. The highest BCUT2D eigenvalue weighted by Crippen LogP contribution is 2.18. The van der Waals surface area contributed by atoms with Gasteiger partial charge in [-0.2, -0.15) is 0 Å². The predicted octanol–water partition coefficient (Wildman–Crippen LogP) is 2.63. The molecule has 4 aromatic rings. The van der Waals surface area contributed by atoms with E-state index in [9.17, 15) is 9.59 Å². The highest BCUT2D eigenvalue weighted by Gasteiger charge is 2.13. The Morgan fingerprint density at radius 3 is 2.75 bits per heavy atom. The zero-order valence-corrected chi connectivity index (χ0v) is 15.6. The van der Waals surface area contributed by atoms with E-state index in [4.69, 9.17) is 0 Å². The zero-order chi connectivity index (χ0) is 19.7. The van der Waals surface area contributed by atoms with Crippen molar-refractivity contribution in [3.63, 3.8) is 0 Å². The first kappa shape index (κ1) is 17.7. The fourth-order valence-electron chi connectivity index (χ4n) is 2.93. The Labute approximate surface area is 161 Å². The molecule has 0 atom stereocenters. The standard InChI is InChI=1S/C21H19N5O2/c1-13-6-7-15(9-14(13)2)19-24-21(28)18-10-16(12-26(18)25-19)20(27)23-11-17-5-3-4-8-22-17/h3-10,12H,11H2,1-2H3,(H,23,27)(H,24,25,28). The molecule has 3 aromatic heterocycles. The Hall–Kier alpha value is -3.74. The van der Waals surface area contributed by atoms with Gasteiger partial charge in [-0.1, -0.05) is 18.2 Å². The summed E-state index contributed by atoms with van der Waals surface area (Å²) in [5.74, 6) is 0.167. The maximum atomic E-state index is 12.5. The van der Waals surface area contributed by atoms with Crippen molar-refractivity contribution in [1.82, 2.24) is 24.9 Å². The van der Waals surface area contributed by atoms with E-state index < -0.39 is 0 Å². The van der Waals surface area contributed by atoms with Crippen LogP contribution in [0.15, 0.2) is 59.7 Å². The first-order valence-corrected chi connectivity index (χ1v) is 8.90. The molecular weight excluding hydrogens is 354 g/mol. The van der Waals surface area contributed by atoms with Crippen LogP contribution in [0.3, 0.4) is 0 Å². The molecule has 0 spiro atoms. The fourth-order valence-corrected chi connectivity index (χ4v) is 2.93. The van der Waals surface area contributed by atoms with E-state index in [1.54, 1.807) is 12.4 Å². The Morgan fingerprint density at radius 2 is 2.00 bits per heavy atom. The van der Waals surface area contributed by atoms with E-state index in [0.29, 0.717) is 23.4 Å². The number of H-pyrrole nitrogens is 1. The molecule has 1 amide bonds. The Kier molecular flexibility index (Phi) is 4.49. The fraction of sp³-hybridized carbons (Fsp3) is 0.143. The van der Waals surface area contributed by atoms with Crippen molar-refractivity contribution in [2.75, 3.05) is 0 Å². The van der Waals surface area contributed by atoms with Crippen LogP contribution in [0.1, 0.15) is 27.2 Å². The molecule has 0 radical (unpaired) electrons. The summed E-state index contributed by atoms with van der Waals surface area (Å²) in [5.41, 5.74) is 4.24. The molecule has 0 saturated heterocycles. The topological polar surface area (TPSA) is 92.2 Å². The molecule has 140 valence electrons. The van der Waals surface area contributed by atoms with Gasteiger partial charge in [0, 0.05) is 18.0 Å². The van der Waals surface area contributed by atoms with E-state index in [0.717, 1.165) is 16.8 Å². The Morgan fingerprint density at radius 1 is 1.14 bits per heavy atom. The summed E-state index contributed by atoms with van der Waals surface area (Å²) in [4.78, 5) is 31.9. The van der Waals surface area contributed by atoms with Gasteiger partial charge in [-0.3, -0.25) is 14.6 Å². The molecule has 0 bridgehead atoms. The minimum absolute atomic E-state index is 0.289. The Bertz CT molecular complexity index is 1220. The molecule has 0 saturated carbocycles. The number of hydrogen-bond acceptors (Lipinski definition) is 4. The summed E-state index contributed by atoms with van der Waals surface area (Å²) in [5, 5.41) is 7.27. The van der Waals surface area contributed by atoms with Crippen molar-refractivity contribution in [3.8, 4) is 11.4 Å². The second-order valence-corrected chi connectivity index (χ2v) is 6.66. The van der Waals surface area contributed by atoms with Gasteiger partial charge in [0.05, 0.1) is 17.8 Å². The smallest absolute Gasteiger partial charge is 0.275 e. The molecule has 7 nitrogen and oxygen atoms in total. The summed E-state index contributed by atoms with van der Waals surface area (Å²) in [6.07, 6.45) is 3.23. The molecule has 1 aromatic carbocycles. The molecule has 28 heavy (non-hydrogen) atoms. The van der Waals surface area contributed by atoms with Crippen molar-refractivity contribution < 1.29 is 4.79 Å². The highest BCUT2D eigenvalue weighted by molar-refractivity contribution is 5.95. The minimum Gasteiger partial charge on any atom is -0.346 e. The number of fused-ring (bicyclic) bond motifs is 1. The van der Waals surface area contributed by atoms with Crippen LogP contribution in [0, 0.1) is 13.8 Å². The molecule has 7 heteroatoms. The zero-order valence-electron chi connectivity index (χ0n) is 15.6. The number of rotatable bonds is 4. The van der Waals surface area contributed by atoms with Gasteiger partial charge in [-0.05, 0) is 49.2 Å². The van der Waals surface area contributed by atoms with Crippen molar-refractivity contribution in [1.29, 1.82) is 0 Å². The molecule has 0 aliphatic carbocycles. The van der Waals surface area contributed by atoms with Crippen molar-refractivity contribution in [2.24, 2.45) is 0 Å². The number of hydrogen-bond donors (Lipinski definition) is 2. The summed E-state index contributed by atoms with van der Waals surface area (Å²) in [7, 11) is 0. The highest BCUT2D eigenvalue weighted by atomic mass is 16.1. The SMILES string of the molecule is Cc1ccc(-c2nn3cc(C(=O)NCc4ccccn4)cc3c(=O)[nH]2)cc1C. The monoisotopic (exact) mass is 373 g/mol. The third kappa shape index (κ3) is 3.42. The number of carbonyl (C=O) groups excluding carboxylic acids is 1. The quantitative estimate of drug-likeness (QED) is 0.575. The maximum absolute atomic E-state index is 12.5. The van der Waals surface area contributed by atoms with E-state index in [1.165, 1.54) is 16.1 Å². The third-order valence-electron chi connectivity index (χ3n) is 4.67. The van der Waals surface area contributed by atoms with Crippen LogP contribution in [-0.4, -0.2) is 25.5 Å². The van der Waals surface area contributed by atoms with E-state index in [-0.39, 0.29) is 11.5 Å². The summed E-state index contributed by atoms with van der Waals surface area (Å²) in [6, 6.07) is 12.9. The number of nitrogens with one attached hydrogen (secondary N) is 2. The van der Waals surface area contributed by atoms with Gasteiger partial charge in [-0.25, -0.2) is 4.52 Å². The van der Waals surface area contributed by atoms with Crippen LogP contribution in [0.2, 0.25) is 0 Å². The minimum atomic E-state index is -0.299. The van der Waals surface area contributed by atoms with Gasteiger partial charge in [0.25, 0.3) is 11.5 Å². The van der Waals surface area contributed by atoms with Crippen LogP contribution in [0.5, 0.6) is 0 Å². The van der Waals surface area contributed by atoms with Crippen LogP contribution in [-0.2, 0) is 6.54 Å². The van der Waals surface area contributed by atoms with Gasteiger partial charge < -0.3 is 10.3 Å².